The van der Waals surface area contributed by atoms with Gasteiger partial charge in [0.05, 0.1) is 31.1 Å². The maximum absolute atomic E-state index is 12.8. The summed E-state index contributed by atoms with van der Waals surface area (Å²) in [4.78, 5) is 30.3. The average Bonchev–Trinajstić information content (AvgIpc) is 3.26. The number of hydrogen-bond acceptors (Lipinski definition) is 6. The van der Waals surface area contributed by atoms with Crippen LogP contribution in [0.2, 0.25) is 0 Å². The van der Waals surface area contributed by atoms with E-state index < -0.39 is 6.09 Å². The van der Waals surface area contributed by atoms with Gasteiger partial charge in [0.15, 0.2) is 0 Å². The first-order valence-corrected chi connectivity index (χ1v) is 7.75. The number of aromatic nitrogens is 3. The van der Waals surface area contributed by atoms with Crippen LogP contribution in [0, 0.1) is 18.3 Å². The first-order valence-electron chi connectivity index (χ1n) is 7.75. The predicted octanol–water partition coefficient (Wildman–Crippen LogP) is 0.988. The molecule has 1 fully saturated rings. The van der Waals surface area contributed by atoms with E-state index in [1.807, 2.05) is 6.07 Å². The number of pyridine rings is 1. The number of nitrogens with zero attached hydrogens (tertiary/aromatic N) is 5. The third-order valence-corrected chi connectivity index (χ3v) is 4.89. The van der Waals surface area contributed by atoms with Crippen molar-refractivity contribution >= 4 is 6.09 Å². The van der Waals surface area contributed by atoms with E-state index >= 15 is 0 Å². The van der Waals surface area contributed by atoms with Crippen molar-refractivity contribution in [2.24, 2.45) is 0 Å². The van der Waals surface area contributed by atoms with Crippen LogP contribution in [0.5, 0.6) is 5.88 Å². The minimum absolute atomic E-state index is 0.189. The van der Waals surface area contributed by atoms with Gasteiger partial charge in [0, 0.05) is 6.54 Å². The molecule has 2 aromatic heterocycles. The van der Waals surface area contributed by atoms with Gasteiger partial charge in [-0.3, -0.25) is 9.47 Å². The molecule has 9 heteroatoms. The highest BCUT2D eigenvalue weighted by molar-refractivity contribution is 5.69. The van der Waals surface area contributed by atoms with Gasteiger partial charge < -0.3 is 9.84 Å². The lowest BCUT2D eigenvalue weighted by Gasteiger charge is -2.26. The van der Waals surface area contributed by atoms with E-state index in [1.165, 1.54) is 22.8 Å². The van der Waals surface area contributed by atoms with Gasteiger partial charge in [-0.1, -0.05) is 0 Å². The average molecular weight is 341 g/mol. The summed E-state index contributed by atoms with van der Waals surface area (Å²) in [6.45, 7) is 2.09. The van der Waals surface area contributed by atoms with Crippen LogP contribution in [0.25, 0.3) is 5.69 Å². The number of carbonyl (C=O) groups is 1. The van der Waals surface area contributed by atoms with E-state index in [0.29, 0.717) is 29.9 Å². The smallest absolute Gasteiger partial charge is 0.410 e. The summed E-state index contributed by atoms with van der Waals surface area (Å²) in [5, 5.41) is 19.6. The third-order valence-electron chi connectivity index (χ3n) is 4.89. The molecule has 0 saturated carbocycles. The Balaban J connectivity index is 1.85. The highest BCUT2D eigenvalue weighted by Crippen LogP contribution is 2.48. The molecule has 0 aromatic carbocycles. The van der Waals surface area contributed by atoms with Crippen LogP contribution in [0.15, 0.2) is 17.1 Å². The zero-order valence-electron chi connectivity index (χ0n) is 13.6. The molecule has 2 aliphatic rings. The number of aryl methyl sites for hydroxylation is 1. The SMILES string of the molecule is COC(=O)N1CC2CC1c1c(O)n(-c3cnc(C#N)c(C)c3)c(=O)n12. The molecule has 2 aliphatic heterocycles. The van der Waals surface area contributed by atoms with Crippen molar-refractivity contribution in [3.05, 3.63) is 39.7 Å². The van der Waals surface area contributed by atoms with Gasteiger partial charge in [0.2, 0.25) is 5.88 Å². The van der Waals surface area contributed by atoms with Crippen molar-refractivity contribution < 1.29 is 14.6 Å². The minimum Gasteiger partial charge on any atom is -0.493 e. The van der Waals surface area contributed by atoms with Crippen LogP contribution in [0.1, 0.15) is 35.5 Å². The molecule has 2 aromatic rings. The Hall–Kier alpha value is -3.28. The van der Waals surface area contributed by atoms with E-state index in [9.17, 15) is 14.7 Å². The molecule has 0 aliphatic carbocycles. The van der Waals surface area contributed by atoms with Crippen molar-refractivity contribution in [1.29, 1.82) is 5.26 Å². The van der Waals surface area contributed by atoms with E-state index in [1.54, 1.807) is 13.0 Å². The summed E-state index contributed by atoms with van der Waals surface area (Å²) in [5.74, 6) is -0.211. The Morgan fingerprint density at radius 1 is 1.52 bits per heavy atom. The number of imidazole rings is 1. The predicted molar refractivity (Wildman–Crippen MR) is 84.4 cm³/mol. The number of aromatic hydroxyl groups is 1. The molecule has 2 atom stereocenters. The third kappa shape index (κ3) is 1.91. The second-order valence-electron chi connectivity index (χ2n) is 6.20. The van der Waals surface area contributed by atoms with Crippen LogP contribution < -0.4 is 5.69 Å². The summed E-state index contributed by atoms with van der Waals surface area (Å²) >= 11 is 0. The number of fused-ring (bicyclic) bond motifs is 5. The van der Waals surface area contributed by atoms with Gasteiger partial charge in [-0.15, -0.1) is 0 Å². The number of carbonyl (C=O) groups excluding carboxylic acids is 1. The summed E-state index contributed by atoms with van der Waals surface area (Å²) in [6, 6.07) is 3.02. The number of hydrogen-bond donors (Lipinski definition) is 1. The Morgan fingerprint density at radius 3 is 2.92 bits per heavy atom. The van der Waals surface area contributed by atoms with Gasteiger partial charge >= 0.3 is 11.8 Å². The largest absolute Gasteiger partial charge is 0.493 e. The maximum Gasteiger partial charge on any atom is 0.410 e. The lowest BCUT2D eigenvalue weighted by atomic mass is 10.2. The second kappa shape index (κ2) is 5.11. The Kier molecular flexibility index (Phi) is 3.12. The van der Waals surface area contributed by atoms with Crippen LogP contribution in [-0.2, 0) is 4.74 Å². The van der Waals surface area contributed by atoms with Crippen LogP contribution in [-0.4, -0.2) is 43.9 Å². The van der Waals surface area contributed by atoms with Crippen molar-refractivity contribution in [3.63, 3.8) is 0 Å². The van der Waals surface area contributed by atoms with E-state index in [0.717, 1.165) is 4.57 Å². The number of rotatable bonds is 1. The fourth-order valence-corrected chi connectivity index (χ4v) is 3.80. The zero-order valence-corrected chi connectivity index (χ0v) is 13.6. The summed E-state index contributed by atoms with van der Waals surface area (Å²) in [6.07, 6.45) is 1.48. The molecule has 2 unspecified atom stereocenters. The highest BCUT2D eigenvalue weighted by atomic mass is 16.5. The number of nitriles is 1. The summed E-state index contributed by atoms with van der Waals surface area (Å²) in [5.41, 5.74) is 1.28. The fraction of sp³-hybridized carbons (Fsp3) is 0.375. The summed E-state index contributed by atoms with van der Waals surface area (Å²) in [7, 11) is 1.30. The molecule has 4 rings (SSSR count). The molecule has 1 N–H and O–H groups in total. The molecule has 9 nitrogen and oxygen atoms in total. The van der Waals surface area contributed by atoms with E-state index in [4.69, 9.17) is 10.00 Å². The number of likely N-dealkylation sites (tertiary alicyclic amines) is 1. The topological polar surface area (TPSA) is 113 Å². The van der Waals surface area contributed by atoms with E-state index in [2.05, 4.69) is 4.98 Å². The Morgan fingerprint density at radius 2 is 2.28 bits per heavy atom. The highest BCUT2D eigenvalue weighted by Gasteiger charge is 2.49. The van der Waals surface area contributed by atoms with Gasteiger partial charge in [-0.25, -0.2) is 19.1 Å². The van der Waals surface area contributed by atoms with Gasteiger partial charge in [-0.05, 0) is 25.0 Å². The minimum atomic E-state index is -0.478. The number of methoxy groups -OCH3 is 1. The van der Waals surface area contributed by atoms with Gasteiger partial charge in [-0.2, -0.15) is 5.26 Å². The van der Waals surface area contributed by atoms with Gasteiger partial charge in [0.25, 0.3) is 0 Å². The Labute approximate surface area is 142 Å². The van der Waals surface area contributed by atoms with Gasteiger partial charge in [0.1, 0.15) is 17.5 Å². The van der Waals surface area contributed by atoms with Crippen LogP contribution in [0.4, 0.5) is 4.79 Å². The molecule has 0 spiro atoms. The number of amides is 1. The molecule has 0 radical (unpaired) electrons. The quantitative estimate of drug-likeness (QED) is 0.827. The van der Waals surface area contributed by atoms with Crippen molar-refractivity contribution in [3.8, 4) is 17.6 Å². The van der Waals surface area contributed by atoms with Crippen molar-refractivity contribution in [1.82, 2.24) is 19.0 Å². The lowest BCUT2D eigenvalue weighted by molar-refractivity contribution is 0.112. The molecular weight excluding hydrogens is 326 g/mol. The first kappa shape index (κ1) is 15.3. The van der Waals surface area contributed by atoms with Crippen LogP contribution >= 0.6 is 0 Å². The molecule has 1 saturated heterocycles. The Bertz CT molecular complexity index is 999. The molecule has 1 amide bonds. The van der Waals surface area contributed by atoms with Crippen molar-refractivity contribution in [2.45, 2.75) is 25.4 Å². The standard InChI is InChI=1S/C16H15N5O4/c1-8-3-9(6-18-11(8)5-17)21-14(22)13-12-4-10(20(13)15(21)23)7-19(12)16(24)25-2/h3,6,10,12,22H,4,7H2,1-2H3. The molecular formula is C16H15N5O4. The monoisotopic (exact) mass is 341 g/mol. The maximum atomic E-state index is 12.8. The molecule has 25 heavy (non-hydrogen) atoms. The molecule has 2 bridgehead atoms. The van der Waals surface area contributed by atoms with Crippen molar-refractivity contribution in [2.75, 3.05) is 13.7 Å². The van der Waals surface area contributed by atoms with E-state index in [-0.39, 0.29) is 29.3 Å². The van der Waals surface area contributed by atoms with Crippen LogP contribution in [0.3, 0.4) is 0 Å². The fourth-order valence-electron chi connectivity index (χ4n) is 3.80. The second-order valence-corrected chi connectivity index (χ2v) is 6.20. The first-order chi connectivity index (χ1) is 12.0. The lowest BCUT2D eigenvalue weighted by Crippen LogP contribution is -2.37. The zero-order chi connectivity index (χ0) is 17.9. The number of ether oxygens (including phenoxy) is 1. The normalized spacial score (nSPS) is 20.4. The molecule has 128 valence electrons. The molecule has 4 heterocycles. The summed E-state index contributed by atoms with van der Waals surface area (Å²) < 4.78 is 7.47.